The van der Waals surface area contributed by atoms with Gasteiger partial charge in [-0.3, -0.25) is 0 Å². The van der Waals surface area contributed by atoms with E-state index in [0.717, 1.165) is 11.5 Å². The van der Waals surface area contributed by atoms with Crippen LogP contribution in [-0.2, 0) is 0 Å². The van der Waals surface area contributed by atoms with Gasteiger partial charge >= 0.3 is 0 Å². The highest BCUT2D eigenvalue weighted by molar-refractivity contribution is 5.55. The van der Waals surface area contributed by atoms with Gasteiger partial charge in [-0.2, -0.15) is 0 Å². The Labute approximate surface area is 156 Å². The monoisotopic (exact) mass is 346 g/mol. The maximum Gasteiger partial charge on any atom is 0.161 e. The van der Waals surface area contributed by atoms with Crippen LogP contribution in [0.15, 0.2) is 48.5 Å². The van der Waals surface area contributed by atoms with E-state index < -0.39 is 0 Å². The Hall–Kier alpha value is -1.96. The highest BCUT2D eigenvalue weighted by atomic mass is 16.6. The molecule has 5 rings (SSSR count). The first kappa shape index (κ1) is 16.2. The summed E-state index contributed by atoms with van der Waals surface area (Å²) >= 11 is 0. The van der Waals surface area contributed by atoms with E-state index in [0.29, 0.717) is 25.0 Å². The molecule has 0 saturated heterocycles. The van der Waals surface area contributed by atoms with E-state index in [1.54, 1.807) is 11.8 Å². The Balaban J connectivity index is 1.58. The quantitative estimate of drug-likeness (QED) is 0.719. The van der Waals surface area contributed by atoms with Gasteiger partial charge in [0.05, 0.1) is 0 Å². The van der Waals surface area contributed by atoms with Gasteiger partial charge in [0.1, 0.15) is 13.2 Å². The van der Waals surface area contributed by atoms with E-state index in [1.807, 2.05) is 0 Å². The Bertz CT molecular complexity index is 795. The summed E-state index contributed by atoms with van der Waals surface area (Å²) < 4.78 is 11.6. The van der Waals surface area contributed by atoms with Crippen LogP contribution in [0.2, 0.25) is 0 Å². The lowest BCUT2D eigenvalue weighted by Crippen LogP contribution is -2.27. The minimum Gasteiger partial charge on any atom is -0.486 e. The van der Waals surface area contributed by atoms with Crippen molar-refractivity contribution in [1.29, 1.82) is 0 Å². The summed E-state index contributed by atoms with van der Waals surface area (Å²) in [5.41, 5.74) is 2.82. The summed E-state index contributed by atoms with van der Waals surface area (Å²) in [6, 6.07) is 17.6. The third kappa shape index (κ3) is 2.38. The normalized spacial score (nSPS) is 27.5. The molecule has 2 fully saturated rings. The van der Waals surface area contributed by atoms with Crippen LogP contribution in [0.3, 0.4) is 0 Å². The lowest BCUT2D eigenvalue weighted by Gasteiger charge is -2.35. The maximum absolute atomic E-state index is 5.87. The molecule has 0 amide bonds. The maximum atomic E-state index is 5.87. The molecule has 0 N–H and O–H groups in total. The number of hydrogen-bond acceptors (Lipinski definition) is 2. The second-order valence-electron chi connectivity index (χ2n) is 8.32. The fraction of sp³-hybridized carbons (Fsp3) is 0.417. The number of rotatable bonds is 2. The van der Waals surface area contributed by atoms with Crippen molar-refractivity contribution in [3.63, 3.8) is 0 Å². The van der Waals surface area contributed by atoms with Gasteiger partial charge in [-0.15, -0.1) is 0 Å². The van der Waals surface area contributed by atoms with Gasteiger partial charge in [-0.1, -0.05) is 56.7 Å². The zero-order chi connectivity index (χ0) is 17.7. The van der Waals surface area contributed by atoms with Crippen LogP contribution in [0.25, 0.3) is 0 Å². The number of fused-ring (bicyclic) bond motifs is 2. The van der Waals surface area contributed by atoms with Crippen molar-refractivity contribution in [2.24, 2.45) is 17.3 Å². The van der Waals surface area contributed by atoms with E-state index in [-0.39, 0.29) is 5.41 Å². The van der Waals surface area contributed by atoms with Gasteiger partial charge in [0.15, 0.2) is 11.5 Å². The van der Waals surface area contributed by atoms with Crippen LogP contribution < -0.4 is 9.47 Å². The molecule has 2 aromatic rings. The molecule has 1 heterocycles. The van der Waals surface area contributed by atoms with E-state index in [4.69, 9.17) is 9.47 Å². The van der Waals surface area contributed by atoms with Gasteiger partial charge < -0.3 is 9.47 Å². The van der Waals surface area contributed by atoms with Crippen molar-refractivity contribution in [3.8, 4) is 11.5 Å². The zero-order valence-corrected chi connectivity index (χ0v) is 15.6. The Morgan fingerprint density at radius 1 is 0.769 bits per heavy atom. The first-order valence-electron chi connectivity index (χ1n) is 9.86. The largest absolute Gasteiger partial charge is 0.486 e. The van der Waals surface area contributed by atoms with E-state index in [9.17, 15) is 0 Å². The molecule has 2 saturated carbocycles. The van der Waals surface area contributed by atoms with Crippen molar-refractivity contribution < 1.29 is 9.47 Å². The van der Waals surface area contributed by atoms with Gasteiger partial charge in [0.25, 0.3) is 0 Å². The molecule has 0 spiro atoms. The van der Waals surface area contributed by atoms with Gasteiger partial charge in [0.2, 0.25) is 0 Å². The number of ether oxygens (including phenoxy) is 2. The topological polar surface area (TPSA) is 18.5 Å². The summed E-state index contributed by atoms with van der Waals surface area (Å²) in [4.78, 5) is 0. The van der Waals surface area contributed by atoms with Crippen molar-refractivity contribution in [2.45, 2.75) is 33.1 Å². The predicted molar refractivity (Wildman–Crippen MR) is 103 cm³/mol. The molecule has 3 aliphatic rings. The minimum absolute atomic E-state index is 0.0703. The Morgan fingerprint density at radius 2 is 1.42 bits per heavy atom. The molecule has 0 aromatic heterocycles. The number of benzene rings is 2. The molecular weight excluding hydrogens is 320 g/mol. The van der Waals surface area contributed by atoms with Crippen molar-refractivity contribution in [2.75, 3.05) is 13.2 Å². The van der Waals surface area contributed by atoms with Gasteiger partial charge in [-0.25, -0.2) is 0 Å². The number of hydrogen-bond donors (Lipinski definition) is 0. The van der Waals surface area contributed by atoms with Crippen molar-refractivity contribution in [1.82, 2.24) is 0 Å². The standard InChI is InChI=1S/C24H26O2/c1-24(2)22(16-7-4-3-5-8-16)18-9-6-10-19(18)23(24)17-11-12-20-21(15-17)26-14-13-25-20/h3-5,7-8,11-12,15,18-19H,6,9-10,13-14H2,1-2H3. The molecule has 2 aliphatic carbocycles. The molecule has 134 valence electrons. The van der Waals surface area contributed by atoms with E-state index in [2.05, 4.69) is 62.4 Å². The second-order valence-corrected chi connectivity index (χ2v) is 8.32. The first-order valence-corrected chi connectivity index (χ1v) is 9.86. The fourth-order valence-electron chi connectivity index (χ4n) is 5.70. The zero-order valence-electron chi connectivity index (χ0n) is 15.6. The minimum atomic E-state index is 0.0703. The summed E-state index contributed by atoms with van der Waals surface area (Å²) in [6.45, 7) is 6.12. The van der Waals surface area contributed by atoms with Crippen LogP contribution in [0.4, 0.5) is 0 Å². The third-order valence-corrected chi connectivity index (χ3v) is 6.54. The molecule has 26 heavy (non-hydrogen) atoms. The van der Waals surface area contributed by atoms with Crippen LogP contribution in [0.5, 0.6) is 11.5 Å². The predicted octanol–water partition coefficient (Wildman–Crippen LogP) is 5.46. The average Bonchev–Trinajstić information content (AvgIpc) is 3.18. The molecule has 2 nitrogen and oxygen atoms in total. The lowest BCUT2D eigenvalue weighted by molar-refractivity contribution is 0.171. The molecule has 2 radical (unpaired) electrons. The first-order chi connectivity index (χ1) is 12.7. The van der Waals surface area contributed by atoms with Crippen molar-refractivity contribution >= 4 is 0 Å². The SMILES string of the molecule is CC1(C)[C](c2ccccc2)C2CCCC2[C]1c1ccc2c(c1)OCCO2. The van der Waals surface area contributed by atoms with Crippen LogP contribution in [0, 0.1) is 29.1 Å². The highest BCUT2D eigenvalue weighted by Gasteiger charge is 2.58. The Kier molecular flexibility index (Phi) is 3.77. The van der Waals surface area contributed by atoms with E-state index >= 15 is 0 Å². The van der Waals surface area contributed by atoms with Crippen LogP contribution >= 0.6 is 0 Å². The molecule has 0 bridgehead atoms. The highest BCUT2D eigenvalue weighted by Crippen LogP contribution is 2.66. The summed E-state index contributed by atoms with van der Waals surface area (Å²) in [6.07, 6.45) is 3.94. The molecule has 1 aliphatic heterocycles. The summed E-state index contributed by atoms with van der Waals surface area (Å²) in [5, 5.41) is 0. The molecule has 2 heteroatoms. The molecular formula is C24H26O2. The molecule has 2 unspecified atom stereocenters. The average molecular weight is 346 g/mol. The van der Waals surface area contributed by atoms with Crippen LogP contribution in [0.1, 0.15) is 44.2 Å². The lowest BCUT2D eigenvalue weighted by atomic mass is 9.68. The summed E-state index contributed by atoms with van der Waals surface area (Å²) in [5.74, 6) is 6.34. The third-order valence-electron chi connectivity index (χ3n) is 6.54. The van der Waals surface area contributed by atoms with Crippen LogP contribution in [-0.4, -0.2) is 13.2 Å². The van der Waals surface area contributed by atoms with Gasteiger partial charge in [0, 0.05) is 11.8 Å². The molecule has 2 atom stereocenters. The van der Waals surface area contributed by atoms with Gasteiger partial charge in [-0.05, 0) is 53.4 Å². The molecule has 2 aromatic carbocycles. The van der Waals surface area contributed by atoms with E-state index in [1.165, 1.54) is 30.4 Å². The second kappa shape index (κ2) is 6.04. The fourth-order valence-corrected chi connectivity index (χ4v) is 5.70. The summed E-state index contributed by atoms with van der Waals surface area (Å²) in [7, 11) is 0. The van der Waals surface area contributed by atoms with Crippen molar-refractivity contribution in [3.05, 3.63) is 71.5 Å². The Morgan fingerprint density at radius 3 is 2.15 bits per heavy atom. The smallest absolute Gasteiger partial charge is 0.161 e.